The summed E-state index contributed by atoms with van der Waals surface area (Å²) >= 11 is 0. The molecule has 2 aliphatic heterocycles. The Bertz CT molecular complexity index is 410. The van der Waals surface area contributed by atoms with Gasteiger partial charge in [-0.15, -0.1) is 0 Å². The molecule has 2 saturated heterocycles. The zero-order valence-electron chi connectivity index (χ0n) is 16.5. The molecular weight excluding hydrogens is 324 g/mol. The molecule has 0 aromatic heterocycles. The normalized spacial score (nSPS) is 38.2. The maximum absolute atomic E-state index is 13.3. The summed E-state index contributed by atoms with van der Waals surface area (Å²) in [5.74, 6) is 2.49. The molecule has 4 aliphatic rings. The minimum atomic E-state index is 0.255. The number of rotatable bonds is 4. The second kappa shape index (κ2) is 9.19. The first-order valence-electron chi connectivity index (χ1n) is 11.6. The van der Waals surface area contributed by atoms with Crippen LogP contribution in [0.2, 0.25) is 0 Å². The van der Waals surface area contributed by atoms with Crippen LogP contribution >= 0.6 is 0 Å². The van der Waals surface area contributed by atoms with Crippen molar-refractivity contribution in [3.05, 3.63) is 0 Å². The van der Waals surface area contributed by atoms with E-state index in [1.54, 1.807) is 0 Å². The summed E-state index contributed by atoms with van der Waals surface area (Å²) in [4.78, 5) is 13.3. The van der Waals surface area contributed by atoms with E-state index in [1.165, 1.54) is 64.2 Å². The van der Waals surface area contributed by atoms with E-state index in [0.29, 0.717) is 29.8 Å². The standard InChI is InChI=1S/C23H38O3/c24-23(19-11-13-25-21(15-19)17-7-3-1-4-8-17)20-12-14-26-22(16-20)18-9-5-2-6-10-18/h17-22H,1-16H2/t19-,20+,21-,22-/m0/s1. The van der Waals surface area contributed by atoms with Crippen LogP contribution < -0.4 is 0 Å². The predicted octanol–water partition coefficient (Wildman–Crippen LogP) is 5.31. The number of ketones is 1. The molecule has 0 aromatic carbocycles. The van der Waals surface area contributed by atoms with Gasteiger partial charge in [-0.3, -0.25) is 4.79 Å². The van der Waals surface area contributed by atoms with Crippen LogP contribution in [-0.4, -0.2) is 31.2 Å². The fourth-order valence-electron chi connectivity index (χ4n) is 6.18. The zero-order valence-corrected chi connectivity index (χ0v) is 16.5. The number of Topliss-reactive ketones (excluding diaryl/α,β-unsaturated/α-hetero) is 1. The van der Waals surface area contributed by atoms with Gasteiger partial charge in [0.25, 0.3) is 0 Å². The molecule has 26 heavy (non-hydrogen) atoms. The molecule has 0 amide bonds. The SMILES string of the molecule is O=C([C@@H]1CCO[C@H](C2CCCCC2)C1)[C@H]1CCO[C@H](C2CCCCC2)C1. The van der Waals surface area contributed by atoms with Crippen LogP contribution in [0.1, 0.15) is 89.9 Å². The third-order valence-corrected chi connectivity index (χ3v) is 7.79. The van der Waals surface area contributed by atoms with E-state index in [4.69, 9.17) is 9.47 Å². The number of carbonyl (C=O) groups is 1. The van der Waals surface area contributed by atoms with Gasteiger partial charge in [0.1, 0.15) is 5.78 Å². The van der Waals surface area contributed by atoms with Crippen molar-refractivity contribution in [2.24, 2.45) is 23.7 Å². The van der Waals surface area contributed by atoms with E-state index >= 15 is 0 Å². The molecule has 4 fully saturated rings. The van der Waals surface area contributed by atoms with E-state index < -0.39 is 0 Å². The van der Waals surface area contributed by atoms with Crippen molar-refractivity contribution in [3.8, 4) is 0 Å². The van der Waals surface area contributed by atoms with Crippen LogP contribution in [0.15, 0.2) is 0 Å². The largest absolute Gasteiger partial charge is 0.378 e. The molecule has 148 valence electrons. The van der Waals surface area contributed by atoms with Crippen LogP contribution in [0.25, 0.3) is 0 Å². The molecule has 0 spiro atoms. The smallest absolute Gasteiger partial charge is 0.139 e. The first-order valence-corrected chi connectivity index (χ1v) is 11.6. The molecule has 0 bridgehead atoms. The Labute approximate surface area is 159 Å². The third kappa shape index (κ3) is 4.52. The monoisotopic (exact) mass is 362 g/mol. The van der Waals surface area contributed by atoms with Crippen molar-refractivity contribution in [3.63, 3.8) is 0 Å². The molecule has 0 unspecified atom stereocenters. The van der Waals surface area contributed by atoms with Gasteiger partial charge in [0.2, 0.25) is 0 Å². The van der Waals surface area contributed by atoms with Crippen molar-refractivity contribution in [2.75, 3.05) is 13.2 Å². The van der Waals surface area contributed by atoms with Crippen LogP contribution in [-0.2, 0) is 14.3 Å². The number of hydrogen-bond donors (Lipinski definition) is 0. The van der Waals surface area contributed by atoms with E-state index in [1.807, 2.05) is 0 Å². The summed E-state index contributed by atoms with van der Waals surface area (Å²) in [5, 5.41) is 0. The molecular formula is C23H38O3. The number of carbonyl (C=O) groups excluding carboxylic acids is 1. The molecule has 4 rings (SSSR count). The third-order valence-electron chi connectivity index (χ3n) is 7.79. The summed E-state index contributed by atoms with van der Waals surface area (Å²) < 4.78 is 12.2. The Morgan fingerprint density at radius 2 is 1.00 bits per heavy atom. The van der Waals surface area contributed by atoms with E-state index in [2.05, 4.69) is 0 Å². The van der Waals surface area contributed by atoms with E-state index in [0.717, 1.165) is 38.9 Å². The molecule has 2 saturated carbocycles. The second-order valence-electron chi connectivity index (χ2n) is 9.46. The van der Waals surface area contributed by atoms with Crippen molar-refractivity contribution in [1.29, 1.82) is 0 Å². The summed E-state index contributed by atoms with van der Waals surface area (Å²) in [6.45, 7) is 1.60. The molecule has 3 heteroatoms. The summed E-state index contributed by atoms with van der Waals surface area (Å²) in [6, 6.07) is 0. The van der Waals surface area contributed by atoms with Crippen molar-refractivity contribution < 1.29 is 14.3 Å². The number of hydrogen-bond acceptors (Lipinski definition) is 3. The molecule has 2 heterocycles. The molecule has 4 atom stereocenters. The van der Waals surface area contributed by atoms with E-state index in [9.17, 15) is 4.79 Å². The fraction of sp³-hybridized carbons (Fsp3) is 0.957. The highest BCUT2D eigenvalue weighted by molar-refractivity contribution is 5.83. The van der Waals surface area contributed by atoms with Crippen LogP contribution in [0.5, 0.6) is 0 Å². The predicted molar refractivity (Wildman–Crippen MR) is 103 cm³/mol. The Morgan fingerprint density at radius 1 is 0.577 bits per heavy atom. The quantitative estimate of drug-likeness (QED) is 0.680. The van der Waals surface area contributed by atoms with Gasteiger partial charge >= 0.3 is 0 Å². The lowest BCUT2D eigenvalue weighted by Crippen LogP contribution is -2.41. The van der Waals surface area contributed by atoms with Crippen molar-refractivity contribution >= 4 is 5.78 Å². The van der Waals surface area contributed by atoms with Gasteiger partial charge in [-0.05, 0) is 63.2 Å². The van der Waals surface area contributed by atoms with Crippen LogP contribution in [0.4, 0.5) is 0 Å². The first-order chi connectivity index (χ1) is 12.8. The summed E-state index contributed by atoms with van der Waals surface area (Å²) in [7, 11) is 0. The number of ether oxygens (including phenoxy) is 2. The molecule has 0 radical (unpaired) electrons. The maximum Gasteiger partial charge on any atom is 0.139 e. The summed E-state index contributed by atoms with van der Waals surface area (Å²) in [5.41, 5.74) is 0. The molecule has 3 nitrogen and oxygen atoms in total. The van der Waals surface area contributed by atoms with Gasteiger partial charge in [-0.2, -0.15) is 0 Å². The second-order valence-corrected chi connectivity index (χ2v) is 9.46. The van der Waals surface area contributed by atoms with Gasteiger partial charge in [0.15, 0.2) is 0 Å². The lowest BCUT2D eigenvalue weighted by Gasteiger charge is -2.39. The van der Waals surface area contributed by atoms with E-state index in [-0.39, 0.29) is 11.8 Å². The Kier molecular flexibility index (Phi) is 6.69. The average Bonchev–Trinajstić information content (AvgIpc) is 2.75. The Hall–Kier alpha value is -0.410. The van der Waals surface area contributed by atoms with Crippen LogP contribution in [0.3, 0.4) is 0 Å². The lowest BCUT2D eigenvalue weighted by atomic mass is 9.74. The highest BCUT2D eigenvalue weighted by Gasteiger charge is 2.39. The zero-order chi connectivity index (χ0) is 17.8. The molecule has 2 aliphatic carbocycles. The van der Waals surface area contributed by atoms with Gasteiger partial charge in [0.05, 0.1) is 12.2 Å². The average molecular weight is 363 g/mol. The lowest BCUT2D eigenvalue weighted by molar-refractivity contribution is -0.140. The van der Waals surface area contributed by atoms with Gasteiger partial charge in [-0.1, -0.05) is 38.5 Å². The Morgan fingerprint density at radius 3 is 1.42 bits per heavy atom. The topological polar surface area (TPSA) is 35.5 Å². The highest BCUT2D eigenvalue weighted by Crippen LogP contribution is 2.38. The minimum absolute atomic E-state index is 0.255. The first kappa shape index (κ1) is 18.9. The Balaban J connectivity index is 1.32. The van der Waals surface area contributed by atoms with Gasteiger partial charge in [0, 0.05) is 25.0 Å². The van der Waals surface area contributed by atoms with Crippen LogP contribution in [0, 0.1) is 23.7 Å². The fourth-order valence-corrected chi connectivity index (χ4v) is 6.18. The van der Waals surface area contributed by atoms with Crippen molar-refractivity contribution in [1.82, 2.24) is 0 Å². The minimum Gasteiger partial charge on any atom is -0.378 e. The molecule has 0 aromatic rings. The van der Waals surface area contributed by atoms with Crippen molar-refractivity contribution in [2.45, 2.75) is 102 Å². The highest BCUT2D eigenvalue weighted by atomic mass is 16.5. The van der Waals surface area contributed by atoms with Gasteiger partial charge in [-0.25, -0.2) is 0 Å². The maximum atomic E-state index is 13.3. The summed E-state index contributed by atoms with van der Waals surface area (Å²) in [6.07, 6.45) is 18.0. The van der Waals surface area contributed by atoms with Gasteiger partial charge < -0.3 is 9.47 Å². The molecule has 0 N–H and O–H groups in total.